The summed E-state index contributed by atoms with van der Waals surface area (Å²) in [6.07, 6.45) is 7.09. The normalized spacial score (nSPS) is 18.5. The van der Waals surface area contributed by atoms with Crippen LogP contribution in [0.15, 0.2) is 36.9 Å². The van der Waals surface area contributed by atoms with Crippen LogP contribution in [0, 0.1) is 0 Å². The maximum absolute atomic E-state index is 13.0. The lowest BCUT2D eigenvalue weighted by atomic mass is 10.0. The van der Waals surface area contributed by atoms with Crippen molar-refractivity contribution in [2.24, 2.45) is 0 Å². The number of likely N-dealkylation sites (tertiary alicyclic amines) is 1. The van der Waals surface area contributed by atoms with E-state index in [1.807, 2.05) is 40.8 Å². The van der Waals surface area contributed by atoms with E-state index in [2.05, 4.69) is 4.98 Å². The molecule has 1 aromatic carbocycles. The molecule has 0 spiro atoms. The van der Waals surface area contributed by atoms with E-state index in [-0.39, 0.29) is 18.0 Å². The summed E-state index contributed by atoms with van der Waals surface area (Å²) in [5.41, 5.74) is 1.00. The number of carbonyl (C=O) groups is 1. The highest BCUT2D eigenvalue weighted by Crippen LogP contribution is 2.39. The quantitative estimate of drug-likeness (QED) is 0.846. The first-order valence-electron chi connectivity index (χ1n) is 8.15. The topological polar surface area (TPSA) is 56.6 Å². The lowest BCUT2D eigenvalue weighted by Crippen LogP contribution is -2.35. The second-order valence-corrected chi connectivity index (χ2v) is 5.98. The molecule has 0 bridgehead atoms. The molecule has 24 heavy (non-hydrogen) atoms. The molecule has 0 unspecified atom stereocenters. The first-order valence-corrected chi connectivity index (χ1v) is 8.15. The largest absolute Gasteiger partial charge is 0.497 e. The van der Waals surface area contributed by atoms with Gasteiger partial charge in [0.05, 0.1) is 26.6 Å². The minimum absolute atomic E-state index is 0.00789. The van der Waals surface area contributed by atoms with Crippen LogP contribution in [0.4, 0.5) is 0 Å². The van der Waals surface area contributed by atoms with Crippen LogP contribution >= 0.6 is 0 Å². The van der Waals surface area contributed by atoms with E-state index in [0.717, 1.165) is 36.4 Å². The molecule has 1 fully saturated rings. The molecule has 3 rings (SSSR count). The van der Waals surface area contributed by atoms with Gasteiger partial charge in [-0.3, -0.25) is 4.79 Å². The maximum atomic E-state index is 13.0. The van der Waals surface area contributed by atoms with Gasteiger partial charge in [-0.25, -0.2) is 4.98 Å². The number of imidazole rings is 1. The van der Waals surface area contributed by atoms with Crippen LogP contribution in [0.1, 0.15) is 37.4 Å². The highest BCUT2D eigenvalue weighted by Gasteiger charge is 2.34. The lowest BCUT2D eigenvalue weighted by Gasteiger charge is -2.29. The van der Waals surface area contributed by atoms with Gasteiger partial charge in [0, 0.05) is 24.5 Å². The highest BCUT2D eigenvalue weighted by atomic mass is 16.5. The maximum Gasteiger partial charge on any atom is 0.245 e. The Balaban J connectivity index is 1.89. The van der Waals surface area contributed by atoms with Gasteiger partial charge in [-0.05, 0) is 38.0 Å². The first-order chi connectivity index (χ1) is 11.7. The Morgan fingerprint density at radius 3 is 2.83 bits per heavy atom. The van der Waals surface area contributed by atoms with Crippen LogP contribution in [0.25, 0.3) is 0 Å². The van der Waals surface area contributed by atoms with E-state index in [0.29, 0.717) is 0 Å². The number of benzene rings is 1. The van der Waals surface area contributed by atoms with Crippen LogP contribution in [0.3, 0.4) is 0 Å². The summed E-state index contributed by atoms with van der Waals surface area (Å²) in [7, 11) is 3.30. The number of hydrogen-bond donors (Lipinski definition) is 0. The van der Waals surface area contributed by atoms with Gasteiger partial charge in [0.2, 0.25) is 5.91 Å². The molecule has 2 atom stereocenters. The van der Waals surface area contributed by atoms with Crippen molar-refractivity contribution in [3.05, 3.63) is 42.5 Å². The molecule has 1 aliphatic rings. The van der Waals surface area contributed by atoms with Gasteiger partial charge in [0.25, 0.3) is 0 Å². The predicted octanol–water partition coefficient (Wildman–Crippen LogP) is 2.83. The van der Waals surface area contributed by atoms with Crippen molar-refractivity contribution >= 4 is 5.91 Å². The second-order valence-electron chi connectivity index (χ2n) is 5.98. The van der Waals surface area contributed by atoms with Crippen molar-refractivity contribution in [3.63, 3.8) is 0 Å². The molecular formula is C18H23N3O3. The Kier molecular flexibility index (Phi) is 4.74. The van der Waals surface area contributed by atoms with E-state index in [9.17, 15) is 4.79 Å². The molecule has 0 aliphatic carbocycles. The van der Waals surface area contributed by atoms with Gasteiger partial charge in [0.15, 0.2) is 0 Å². The minimum Gasteiger partial charge on any atom is -0.497 e. The van der Waals surface area contributed by atoms with Gasteiger partial charge < -0.3 is 18.9 Å². The standard InChI is InChI=1S/C18H23N3O3/c1-13(20-10-8-19-12-20)18(22)21-9-4-5-16(21)15-11-14(23-2)6-7-17(15)24-3/h6-8,10-13,16H,4-5,9H2,1-3H3/t13-,16-/m0/s1. The van der Waals surface area contributed by atoms with Crippen molar-refractivity contribution in [1.82, 2.24) is 14.5 Å². The number of nitrogens with zero attached hydrogens (tertiary/aromatic N) is 3. The Bertz CT molecular complexity index is 700. The monoisotopic (exact) mass is 329 g/mol. The molecule has 1 aliphatic heterocycles. The van der Waals surface area contributed by atoms with E-state index < -0.39 is 0 Å². The zero-order valence-electron chi connectivity index (χ0n) is 14.3. The number of ether oxygens (including phenoxy) is 2. The molecule has 1 aromatic heterocycles. The summed E-state index contributed by atoms with van der Waals surface area (Å²) in [4.78, 5) is 19.0. The summed E-state index contributed by atoms with van der Waals surface area (Å²) >= 11 is 0. The zero-order chi connectivity index (χ0) is 17.1. The van der Waals surface area contributed by atoms with E-state index in [4.69, 9.17) is 9.47 Å². The molecular weight excluding hydrogens is 306 g/mol. The van der Waals surface area contributed by atoms with Gasteiger partial charge >= 0.3 is 0 Å². The molecule has 1 saturated heterocycles. The van der Waals surface area contributed by atoms with Gasteiger partial charge in [-0.2, -0.15) is 0 Å². The highest BCUT2D eigenvalue weighted by molar-refractivity contribution is 5.81. The zero-order valence-corrected chi connectivity index (χ0v) is 14.3. The third-order valence-electron chi connectivity index (χ3n) is 4.66. The molecule has 0 N–H and O–H groups in total. The molecule has 6 heteroatoms. The van der Waals surface area contributed by atoms with Crippen molar-refractivity contribution < 1.29 is 14.3 Å². The smallest absolute Gasteiger partial charge is 0.245 e. The van der Waals surface area contributed by atoms with Gasteiger partial charge in [0.1, 0.15) is 17.5 Å². The van der Waals surface area contributed by atoms with Gasteiger partial charge in [-0.1, -0.05) is 0 Å². The molecule has 1 amide bonds. The number of methoxy groups -OCH3 is 2. The molecule has 2 aromatic rings. The van der Waals surface area contributed by atoms with Crippen LogP contribution in [0.2, 0.25) is 0 Å². The fraction of sp³-hybridized carbons (Fsp3) is 0.444. The van der Waals surface area contributed by atoms with E-state index in [1.54, 1.807) is 26.7 Å². The fourth-order valence-corrected chi connectivity index (χ4v) is 3.32. The van der Waals surface area contributed by atoms with Crippen molar-refractivity contribution in [3.8, 4) is 11.5 Å². The Hall–Kier alpha value is -2.50. The first kappa shape index (κ1) is 16.4. The number of hydrogen-bond acceptors (Lipinski definition) is 4. The summed E-state index contributed by atoms with van der Waals surface area (Å²) in [5, 5.41) is 0. The number of aromatic nitrogens is 2. The number of amides is 1. The van der Waals surface area contributed by atoms with Crippen LogP contribution in [-0.4, -0.2) is 41.1 Å². The molecule has 0 radical (unpaired) electrons. The third kappa shape index (κ3) is 2.96. The van der Waals surface area contributed by atoms with Crippen LogP contribution in [-0.2, 0) is 4.79 Å². The molecule has 128 valence electrons. The van der Waals surface area contributed by atoms with Crippen molar-refractivity contribution in [2.45, 2.75) is 31.8 Å². The third-order valence-corrected chi connectivity index (χ3v) is 4.66. The average molecular weight is 329 g/mol. The number of rotatable bonds is 5. The molecule has 6 nitrogen and oxygen atoms in total. The SMILES string of the molecule is COc1ccc(OC)c([C@@H]2CCCN2C(=O)[C@H](C)n2ccnc2)c1. The average Bonchev–Trinajstić information content (AvgIpc) is 3.31. The van der Waals surface area contributed by atoms with E-state index in [1.165, 1.54) is 0 Å². The van der Waals surface area contributed by atoms with Crippen molar-refractivity contribution in [2.75, 3.05) is 20.8 Å². The summed E-state index contributed by atoms with van der Waals surface area (Å²) < 4.78 is 12.7. The lowest BCUT2D eigenvalue weighted by molar-refractivity contribution is -0.135. The minimum atomic E-state index is -0.273. The summed E-state index contributed by atoms with van der Waals surface area (Å²) in [6.45, 7) is 2.66. The Labute approximate surface area is 142 Å². The molecule has 2 heterocycles. The van der Waals surface area contributed by atoms with E-state index >= 15 is 0 Å². The number of carbonyl (C=O) groups excluding carboxylic acids is 1. The Morgan fingerprint density at radius 2 is 2.17 bits per heavy atom. The van der Waals surface area contributed by atoms with Gasteiger partial charge in [-0.15, -0.1) is 0 Å². The summed E-state index contributed by atoms with van der Waals surface area (Å²) in [5.74, 6) is 1.66. The summed E-state index contributed by atoms with van der Waals surface area (Å²) in [6, 6.07) is 5.47. The Morgan fingerprint density at radius 1 is 1.33 bits per heavy atom. The predicted molar refractivity (Wildman–Crippen MR) is 90.2 cm³/mol. The van der Waals surface area contributed by atoms with Crippen molar-refractivity contribution in [1.29, 1.82) is 0 Å². The second kappa shape index (κ2) is 6.95. The molecule has 0 saturated carbocycles. The van der Waals surface area contributed by atoms with Crippen LogP contribution < -0.4 is 9.47 Å². The fourth-order valence-electron chi connectivity index (χ4n) is 3.32. The van der Waals surface area contributed by atoms with Crippen LogP contribution in [0.5, 0.6) is 11.5 Å².